The van der Waals surface area contributed by atoms with Crippen LogP contribution in [0.4, 0.5) is 5.13 Å². The monoisotopic (exact) mass is 385 g/mol. The number of methoxy groups -OCH3 is 1. The Kier molecular flexibility index (Phi) is 5.77. The second-order valence-corrected chi connectivity index (χ2v) is 6.32. The van der Waals surface area contributed by atoms with Gasteiger partial charge in [0.25, 0.3) is 0 Å². The summed E-state index contributed by atoms with van der Waals surface area (Å²) in [6, 6.07) is 11.1. The summed E-state index contributed by atoms with van der Waals surface area (Å²) in [5.41, 5.74) is 1.78. The number of amides is 1. The number of nitrogens with one attached hydrogen (secondary N) is 2. The smallest absolute Gasteiger partial charge is 0.250 e. The van der Waals surface area contributed by atoms with Gasteiger partial charge in [-0.25, -0.2) is 4.98 Å². The summed E-state index contributed by atoms with van der Waals surface area (Å²) < 4.78 is 10.3. The molecule has 1 amide bonds. The third kappa shape index (κ3) is 4.78. The Bertz CT molecular complexity index is 916. The molecule has 2 aromatic heterocycles. The first-order chi connectivity index (χ1) is 12.6. The summed E-state index contributed by atoms with van der Waals surface area (Å²) >= 11 is 6.53. The highest BCUT2D eigenvalue weighted by Crippen LogP contribution is 2.26. The topological polar surface area (TPSA) is 76.4 Å². The number of furan rings is 1. The second-order valence-electron chi connectivity index (χ2n) is 5.06. The van der Waals surface area contributed by atoms with Gasteiger partial charge in [0.1, 0.15) is 11.5 Å². The Labute approximate surface area is 159 Å². The van der Waals surface area contributed by atoms with Gasteiger partial charge in [0.15, 0.2) is 10.2 Å². The molecule has 0 aliphatic carbocycles. The van der Waals surface area contributed by atoms with E-state index in [1.54, 1.807) is 25.3 Å². The van der Waals surface area contributed by atoms with Gasteiger partial charge in [-0.15, -0.1) is 11.3 Å². The van der Waals surface area contributed by atoms with Gasteiger partial charge in [0.05, 0.1) is 19.1 Å². The van der Waals surface area contributed by atoms with Crippen LogP contribution in [0.15, 0.2) is 58.5 Å². The number of rotatable bonds is 5. The third-order valence-corrected chi connectivity index (χ3v) is 4.25. The van der Waals surface area contributed by atoms with Gasteiger partial charge in [-0.05, 0) is 54.7 Å². The van der Waals surface area contributed by atoms with Crippen LogP contribution in [0.2, 0.25) is 0 Å². The molecule has 1 aromatic carbocycles. The van der Waals surface area contributed by atoms with Gasteiger partial charge in [-0.3, -0.25) is 10.1 Å². The molecule has 2 N–H and O–H groups in total. The second kappa shape index (κ2) is 8.41. The lowest BCUT2D eigenvalue weighted by molar-refractivity contribution is -0.115. The lowest BCUT2D eigenvalue weighted by Crippen LogP contribution is -2.32. The minimum atomic E-state index is -0.356. The van der Waals surface area contributed by atoms with Crippen molar-refractivity contribution in [3.63, 3.8) is 0 Å². The number of anilines is 1. The van der Waals surface area contributed by atoms with Crippen molar-refractivity contribution in [1.82, 2.24) is 10.3 Å². The van der Waals surface area contributed by atoms with Crippen LogP contribution in [0.3, 0.4) is 0 Å². The Hall–Kier alpha value is -2.97. The zero-order valence-electron chi connectivity index (χ0n) is 13.8. The molecule has 2 heterocycles. The fourth-order valence-electron chi connectivity index (χ4n) is 2.05. The van der Waals surface area contributed by atoms with Crippen molar-refractivity contribution >= 4 is 45.8 Å². The summed E-state index contributed by atoms with van der Waals surface area (Å²) in [6.07, 6.45) is 4.44. The van der Waals surface area contributed by atoms with Gasteiger partial charge in [0.2, 0.25) is 5.91 Å². The fraction of sp³-hybridized carbons (Fsp3) is 0.0556. The van der Waals surface area contributed by atoms with Gasteiger partial charge >= 0.3 is 0 Å². The molecule has 3 rings (SSSR count). The molecule has 0 unspecified atom stereocenters. The highest BCUT2D eigenvalue weighted by atomic mass is 32.1. The molecule has 26 heavy (non-hydrogen) atoms. The molecule has 0 bridgehead atoms. The molecule has 132 valence electrons. The van der Waals surface area contributed by atoms with E-state index in [-0.39, 0.29) is 11.0 Å². The first-order valence-corrected chi connectivity index (χ1v) is 8.86. The molecule has 8 heteroatoms. The average molecular weight is 385 g/mol. The SMILES string of the molecule is COc1ccc(-c2csc(NC(=S)NC(=O)/C=C/c3ccco3)n2)cc1. The van der Waals surface area contributed by atoms with E-state index in [4.69, 9.17) is 21.4 Å². The number of nitrogens with zero attached hydrogens (tertiary/aromatic N) is 1. The molecule has 0 spiro atoms. The summed E-state index contributed by atoms with van der Waals surface area (Å²) in [5, 5.41) is 8.14. The molecule has 0 atom stereocenters. The average Bonchev–Trinajstić information content (AvgIpc) is 3.32. The fourth-order valence-corrected chi connectivity index (χ4v) is 3.04. The molecular formula is C18H15N3O3S2. The van der Waals surface area contributed by atoms with Crippen LogP contribution >= 0.6 is 23.6 Å². The maximum atomic E-state index is 11.8. The number of ether oxygens (including phenoxy) is 1. The van der Waals surface area contributed by atoms with Crippen molar-refractivity contribution in [3.8, 4) is 17.0 Å². The molecule has 0 aliphatic rings. The van der Waals surface area contributed by atoms with Crippen LogP contribution in [-0.4, -0.2) is 23.1 Å². The number of aromatic nitrogens is 1. The van der Waals surface area contributed by atoms with Crippen molar-refractivity contribution in [2.45, 2.75) is 0 Å². The van der Waals surface area contributed by atoms with Crippen molar-refractivity contribution in [1.29, 1.82) is 0 Å². The molecule has 0 aliphatic heterocycles. The van der Waals surface area contributed by atoms with Crippen LogP contribution in [0, 0.1) is 0 Å². The predicted octanol–water partition coefficient (Wildman–Crippen LogP) is 3.94. The van der Waals surface area contributed by atoms with Crippen LogP contribution in [0.1, 0.15) is 5.76 Å². The lowest BCUT2D eigenvalue weighted by Gasteiger charge is -2.04. The minimum absolute atomic E-state index is 0.176. The summed E-state index contributed by atoms with van der Waals surface area (Å²) in [6.45, 7) is 0. The Morgan fingerprint density at radius 1 is 1.31 bits per heavy atom. The van der Waals surface area contributed by atoms with Gasteiger partial charge in [0, 0.05) is 17.0 Å². The zero-order valence-corrected chi connectivity index (χ0v) is 15.4. The normalized spacial score (nSPS) is 10.7. The number of carbonyl (C=O) groups excluding carboxylic acids is 1. The van der Waals surface area contributed by atoms with Crippen molar-refractivity contribution in [3.05, 3.63) is 59.9 Å². The maximum Gasteiger partial charge on any atom is 0.250 e. The highest BCUT2D eigenvalue weighted by molar-refractivity contribution is 7.80. The summed E-state index contributed by atoms with van der Waals surface area (Å²) in [7, 11) is 1.62. The van der Waals surface area contributed by atoms with Gasteiger partial charge in [-0.1, -0.05) is 0 Å². The molecule has 0 radical (unpaired) electrons. The Balaban J connectivity index is 1.56. The van der Waals surface area contributed by atoms with E-state index < -0.39 is 0 Å². The molecule has 0 fully saturated rings. The van der Waals surface area contributed by atoms with Crippen molar-refractivity contribution < 1.29 is 13.9 Å². The van der Waals surface area contributed by atoms with Gasteiger partial charge < -0.3 is 14.5 Å². The highest BCUT2D eigenvalue weighted by Gasteiger charge is 2.07. The lowest BCUT2D eigenvalue weighted by atomic mass is 10.2. The van der Waals surface area contributed by atoms with E-state index in [1.165, 1.54) is 23.7 Å². The molecule has 0 saturated heterocycles. The first kappa shape index (κ1) is 17.8. The van der Waals surface area contributed by atoms with Crippen molar-refractivity contribution in [2.75, 3.05) is 12.4 Å². The molecule has 6 nitrogen and oxygen atoms in total. The van der Waals surface area contributed by atoms with Crippen LogP contribution in [0.25, 0.3) is 17.3 Å². The van der Waals surface area contributed by atoms with Crippen LogP contribution in [-0.2, 0) is 4.79 Å². The van der Waals surface area contributed by atoms with Crippen molar-refractivity contribution in [2.24, 2.45) is 0 Å². The quantitative estimate of drug-likeness (QED) is 0.512. The summed E-state index contributed by atoms with van der Waals surface area (Å²) in [5.74, 6) is 1.02. The molecule has 0 saturated carbocycles. The first-order valence-electron chi connectivity index (χ1n) is 7.57. The molecular weight excluding hydrogens is 370 g/mol. The predicted molar refractivity (Wildman–Crippen MR) is 106 cm³/mol. The number of thiocarbonyl (C=S) groups is 1. The molecule has 3 aromatic rings. The number of benzene rings is 1. The van der Waals surface area contributed by atoms with Crippen LogP contribution in [0.5, 0.6) is 5.75 Å². The van der Waals surface area contributed by atoms with E-state index in [0.29, 0.717) is 10.9 Å². The number of thiazole rings is 1. The third-order valence-electron chi connectivity index (χ3n) is 3.29. The zero-order chi connectivity index (χ0) is 18.4. The number of hydrogen-bond acceptors (Lipinski definition) is 6. The summed E-state index contributed by atoms with van der Waals surface area (Å²) in [4.78, 5) is 16.3. The van der Waals surface area contributed by atoms with E-state index in [9.17, 15) is 4.79 Å². The Morgan fingerprint density at radius 3 is 2.81 bits per heavy atom. The van der Waals surface area contributed by atoms with E-state index >= 15 is 0 Å². The minimum Gasteiger partial charge on any atom is -0.497 e. The number of carbonyl (C=O) groups is 1. The standard InChI is InChI=1S/C18H15N3O3S2/c1-23-13-6-4-12(5-7-13)15-11-26-18(19-15)21-17(25)20-16(22)9-8-14-3-2-10-24-14/h2-11H,1H3,(H2,19,20,21,22,25)/b9-8+. The van der Waals surface area contributed by atoms with Crippen LogP contribution < -0.4 is 15.4 Å². The van der Waals surface area contributed by atoms with E-state index in [1.807, 2.05) is 29.6 Å². The maximum absolute atomic E-state index is 11.8. The largest absolute Gasteiger partial charge is 0.497 e. The van der Waals surface area contributed by atoms with E-state index in [2.05, 4.69) is 15.6 Å². The van der Waals surface area contributed by atoms with Gasteiger partial charge in [-0.2, -0.15) is 0 Å². The van der Waals surface area contributed by atoms with E-state index in [0.717, 1.165) is 17.0 Å². The number of hydrogen-bond donors (Lipinski definition) is 2. The Morgan fingerprint density at radius 2 is 2.12 bits per heavy atom.